The molecule has 0 aliphatic carbocycles. The average molecular weight is 469 g/mol. The number of nitrogens with one attached hydrogen (secondary N) is 1. The molecular weight excluding hydrogens is 452 g/mol. The fourth-order valence-corrected chi connectivity index (χ4v) is 4.69. The molecule has 4 rings (SSSR count). The second-order valence-electron chi connectivity index (χ2n) is 7.01. The summed E-state index contributed by atoms with van der Waals surface area (Å²) in [6.07, 6.45) is 0. The average Bonchev–Trinajstić information content (AvgIpc) is 3.25. The highest BCUT2D eigenvalue weighted by Gasteiger charge is 2.18. The van der Waals surface area contributed by atoms with E-state index in [1.54, 1.807) is 6.07 Å². The van der Waals surface area contributed by atoms with Crippen LogP contribution in [0.15, 0.2) is 42.5 Å². The largest absolute Gasteiger partial charge is 0.465 e. The molecule has 0 fully saturated rings. The van der Waals surface area contributed by atoms with Crippen molar-refractivity contribution in [1.29, 1.82) is 0 Å². The highest BCUT2D eigenvalue weighted by Crippen LogP contribution is 2.36. The second kappa shape index (κ2) is 8.57. The normalized spacial score (nSPS) is 10.9. The number of esters is 2. The summed E-state index contributed by atoms with van der Waals surface area (Å²) in [6.45, 7) is 1.98. The number of nitrogens with zero attached hydrogens (tertiary/aromatic N) is 1. The van der Waals surface area contributed by atoms with E-state index in [0.29, 0.717) is 15.4 Å². The maximum Gasteiger partial charge on any atom is 0.337 e. The van der Waals surface area contributed by atoms with Gasteiger partial charge in [-0.2, -0.15) is 0 Å². The van der Waals surface area contributed by atoms with Crippen LogP contribution in [-0.2, 0) is 9.47 Å². The zero-order chi connectivity index (χ0) is 23.0. The minimum Gasteiger partial charge on any atom is -0.465 e. The Morgan fingerprint density at radius 1 is 0.938 bits per heavy atom. The maximum atomic E-state index is 13.0. The van der Waals surface area contributed by atoms with Gasteiger partial charge in [-0.25, -0.2) is 14.6 Å². The zero-order valence-electron chi connectivity index (χ0n) is 17.3. The molecule has 0 atom stereocenters. The van der Waals surface area contributed by atoms with Crippen LogP contribution < -0.4 is 5.32 Å². The summed E-state index contributed by atoms with van der Waals surface area (Å²) in [5.74, 6) is -1.71. The van der Waals surface area contributed by atoms with Gasteiger partial charge in [-0.1, -0.05) is 23.2 Å². The molecule has 9 heteroatoms. The van der Waals surface area contributed by atoms with Crippen LogP contribution in [0, 0.1) is 6.92 Å². The van der Waals surface area contributed by atoms with Gasteiger partial charge in [-0.3, -0.25) is 4.79 Å². The van der Waals surface area contributed by atoms with Crippen molar-refractivity contribution in [3.05, 3.63) is 69.2 Å². The number of methoxy groups -OCH3 is 2. The Morgan fingerprint density at radius 3 is 2.22 bits per heavy atom. The van der Waals surface area contributed by atoms with E-state index in [0.717, 1.165) is 21.2 Å². The molecule has 0 bridgehead atoms. The van der Waals surface area contributed by atoms with E-state index in [1.807, 2.05) is 25.1 Å². The first-order chi connectivity index (χ1) is 15.3. The van der Waals surface area contributed by atoms with Crippen LogP contribution in [0.2, 0.25) is 5.15 Å². The first-order valence-electron chi connectivity index (χ1n) is 9.43. The Bertz CT molecular complexity index is 1380. The van der Waals surface area contributed by atoms with Gasteiger partial charge < -0.3 is 14.8 Å². The van der Waals surface area contributed by atoms with E-state index in [-0.39, 0.29) is 16.8 Å². The number of thiophene rings is 1. The van der Waals surface area contributed by atoms with E-state index < -0.39 is 17.8 Å². The van der Waals surface area contributed by atoms with Gasteiger partial charge in [0.25, 0.3) is 5.91 Å². The summed E-state index contributed by atoms with van der Waals surface area (Å²) in [7, 11) is 2.46. The SMILES string of the molecule is COC(=O)c1cc(NC(=O)c2cc3c(Cl)nc4ccc(C)cc4c3s2)cc(C(=O)OC)c1. The number of aromatic nitrogens is 1. The van der Waals surface area contributed by atoms with Crippen LogP contribution in [0.1, 0.15) is 36.0 Å². The minimum absolute atomic E-state index is 0.107. The number of rotatable bonds is 4. The van der Waals surface area contributed by atoms with Crippen LogP contribution >= 0.6 is 22.9 Å². The molecule has 1 amide bonds. The first kappa shape index (κ1) is 21.7. The molecule has 2 aromatic carbocycles. The number of ether oxygens (including phenoxy) is 2. The molecule has 2 aromatic heterocycles. The lowest BCUT2D eigenvalue weighted by Crippen LogP contribution is -2.13. The van der Waals surface area contributed by atoms with Gasteiger partial charge in [0.1, 0.15) is 5.15 Å². The second-order valence-corrected chi connectivity index (χ2v) is 8.42. The molecule has 0 saturated heterocycles. The van der Waals surface area contributed by atoms with E-state index in [9.17, 15) is 14.4 Å². The highest BCUT2D eigenvalue weighted by atomic mass is 35.5. The van der Waals surface area contributed by atoms with Crippen LogP contribution in [0.25, 0.3) is 21.0 Å². The predicted molar refractivity (Wildman–Crippen MR) is 124 cm³/mol. The Hall–Kier alpha value is -3.49. The molecule has 32 heavy (non-hydrogen) atoms. The Morgan fingerprint density at radius 2 is 1.59 bits per heavy atom. The van der Waals surface area contributed by atoms with Crippen molar-refractivity contribution in [2.75, 3.05) is 19.5 Å². The Labute approximate surface area is 191 Å². The lowest BCUT2D eigenvalue weighted by molar-refractivity contribution is 0.0599. The third-order valence-corrected chi connectivity index (χ3v) is 6.28. The molecule has 0 aliphatic heterocycles. The molecule has 162 valence electrons. The van der Waals surface area contributed by atoms with Crippen LogP contribution in [0.4, 0.5) is 5.69 Å². The van der Waals surface area contributed by atoms with E-state index >= 15 is 0 Å². The van der Waals surface area contributed by atoms with Crippen molar-refractivity contribution in [1.82, 2.24) is 4.98 Å². The highest BCUT2D eigenvalue weighted by molar-refractivity contribution is 7.22. The van der Waals surface area contributed by atoms with Gasteiger partial charge in [0.05, 0.1) is 35.7 Å². The van der Waals surface area contributed by atoms with E-state index in [2.05, 4.69) is 10.3 Å². The van der Waals surface area contributed by atoms with Crippen molar-refractivity contribution < 1.29 is 23.9 Å². The number of hydrogen-bond donors (Lipinski definition) is 1. The van der Waals surface area contributed by atoms with E-state index in [1.165, 1.54) is 43.8 Å². The molecule has 7 nitrogen and oxygen atoms in total. The van der Waals surface area contributed by atoms with Crippen molar-refractivity contribution >= 4 is 67.5 Å². The molecule has 0 radical (unpaired) electrons. The molecule has 4 aromatic rings. The number of carbonyl (C=O) groups excluding carboxylic acids is 3. The third kappa shape index (κ3) is 4.02. The fraction of sp³-hybridized carbons (Fsp3) is 0.130. The number of carbonyl (C=O) groups is 3. The minimum atomic E-state index is -0.646. The molecule has 0 spiro atoms. The third-order valence-electron chi connectivity index (χ3n) is 4.83. The Balaban J connectivity index is 1.75. The van der Waals surface area contributed by atoms with Crippen molar-refractivity contribution in [2.45, 2.75) is 6.92 Å². The quantitative estimate of drug-likeness (QED) is 0.325. The van der Waals surface area contributed by atoms with Gasteiger partial charge in [0.15, 0.2) is 0 Å². The Kier molecular flexibility index (Phi) is 5.82. The van der Waals surface area contributed by atoms with Gasteiger partial charge in [-0.05, 0) is 43.3 Å². The molecule has 0 saturated carbocycles. The molecule has 0 unspecified atom stereocenters. The van der Waals surface area contributed by atoms with Crippen LogP contribution in [-0.4, -0.2) is 37.0 Å². The monoisotopic (exact) mass is 468 g/mol. The summed E-state index contributed by atoms with van der Waals surface area (Å²) >= 11 is 7.65. The number of benzene rings is 2. The molecular formula is C23H17ClN2O5S. The fourth-order valence-electron chi connectivity index (χ4n) is 3.32. The van der Waals surface area contributed by atoms with Crippen molar-refractivity contribution in [3.8, 4) is 0 Å². The van der Waals surface area contributed by atoms with Crippen molar-refractivity contribution in [3.63, 3.8) is 0 Å². The van der Waals surface area contributed by atoms with Gasteiger partial charge in [0, 0.05) is 21.2 Å². The summed E-state index contributed by atoms with van der Waals surface area (Å²) in [5.41, 5.74) is 2.28. The topological polar surface area (TPSA) is 94.6 Å². The van der Waals surface area contributed by atoms with Crippen LogP contribution in [0.5, 0.6) is 0 Å². The first-order valence-corrected chi connectivity index (χ1v) is 10.6. The van der Waals surface area contributed by atoms with Gasteiger partial charge in [-0.15, -0.1) is 11.3 Å². The van der Waals surface area contributed by atoms with Gasteiger partial charge >= 0.3 is 11.9 Å². The van der Waals surface area contributed by atoms with E-state index in [4.69, 9.17) is 21.1 Å². The summed E-state index contributed by atoms with van der Waals surface area (Å²) in [6, 6.07) is 11.7. The standard InChI is InChI=1S/C23H17ClN2O5S/c1-11-4-5-17-15(6-11)19-16(20(24)26-17)10-18(32-19)21(27)25-14-8-12(22(28)30-2)7-13(9-14)23(29)31-3/h4-10H,1-3H3,(H,25,27). The number of anilines is 1. The summed E-state index contributed by atoms with van der Waals surface area (Å²) in [5, 5.41) is 4.63. The molecule has 0 aliphatic rings. The number of amides is 1. The number of pyridine rings is 1. The van der Waals surface area contributed by atoms with Crippen molar-refractivity contribution in [2.24, 2.45) is 0 Å². The number of aryl methyl sites for hydroxylation is 1. The zero-order valence-corrected chi connectivity index (χ0v) is 18.9. The molecule has 1 N–H and O–H groups in total. The lowest BCUT2D eigenvalue weighted by atomic mass is 10.1. The summed E-state index contributed by atoms with van der Waals surface area (Å²) in [4.78, 5) is 41.8. The maximum absolute atomic E-state index is 13.0. The predicted octanol–water partition coefficient (Wildman–Crippen LogP) is 5.24. The lowest BCUT2D eigenvalue weighted by Gasteiger charge is -2.09. The number of halogens is 1. The van der Waals surface area contributed by atoms with Crippen LogP contribution in [0.3, 0.4) is 0 Å². The smallest absolute Gasteiger partial charge is 0.337 e. The van der Waals surface area contributed by atoms with Gasteiger partial charge in [0.2, 0.25) is 0 Å². The summed E-state index contributed by atoms with van der Waals surface area (Å²) < 4.78 is 10.3. The number of hydrogen-bond acceptors (Lipinski definition) is 7. The molecule has 2 heterocycles. The number of fused-ring (bicyclic) bond motifs is 3.